The van der Waals surface area contributed by atoms with Crippen LogP contribution in [0.2, 0.25) is 0 Å². The highest BCUT2D eigenvalue weighted by atomic mass is 16.5. The fourth-order valence-electron chi connectivity index (χ4n) is 3.48. The SMILES string of the molecule is CCNC(=NCC1(N(C)C)CCOCC1)NC1CCCCC1. The zero-order valence-electron chi connectivity index (χ0n) is 14.7. The second-order valence-electron chi connectivity index (χ2n) is 6.91. The maximum absolute atomic E-state index is 5.54. The standard InChI is InChI=1S/C17H34N4O/c1-4-18-16(20-15-8-6-5-7-9-15)19-14-17(21(2)3)10-12-22-13-11-17/h15H,4-14H2,1-3H3,(H2,18,19,20). The lowest BCUT2D eigenvalue weighted by Gasteiger charge is -2.41. The molecule has 0 atom stereocenters. The first kappa shape index (κ1) is 17.5. The van der Waals surface area contributed by atoms with Crippen LogP contribution < -0.4 is 10.6 Å². The predicted molar refractivity (Wildman–Crippen MR) is 92.5 cm³/mol. The van der Waals surface area contributed by atoms with Crippen molar-refractivity contribution in [3.63, 3.8) is 0 Å². The summed E-state index contributed by atoms with van der Waals surface area (Å²) in [7, 11) is 4.34. The van der Waals surface area contributed by atoms with Gasteiger partial charge in [0.1, 0.15) is 0 Å². The van der Waals surface area contributed by atoms with E-state index in [0.717, 1.165) is 45.1 Å². The number of nitrogens with one attached hydrogen (secondary N) is 2. The van der Waals surface area contributed by atoms with Crippen molar-refractivity contribution in [1.29, 1.82) is 0 Å². The summed E-state index contributed by atoms with van der Waals surface area (Å²) < 4.78 is 5.54. The van der Waals surface area contributed by atoms with Gasteiger partial charge in [0.05, 0.1) is 6.54 Å². The van der Waals surface area contributed by atoms with Gasteiger partial charge in [-0.25, -0.2) is 0 Å². The minimum absolute atomic E-state index is 0.146. The fraction of sp³-hybridized carbons (Fsp3) is 0.941. The Bertz CT molecular complexity index is 345. The highest BCUT2D eigenvalue weighted by molar-refractivity contribution is 5.80. The van der Waals surface area contributed by atoms with Crippen LogP contribution in [-0.2, 0) is 4.74 Å². The average Bonchev–Trinajstić information content (AvgIpc) is 2.54. The van der Waals surface area contributed by atoms with Crippen molar-refractivity contribution in [1.82, 2.24) is 15.5 Å². The van der Waals surface area contributed by atoms with Gasteiger partial charge in [0, 0.05) is 31.3 Å². The van der Waals surface area contributed by atoms with Crippen molar-refractivity contribution in [3.8, 4) is 0 Å². The molecule has 5 nitrogen and oxygen atoms in total. The molecule has 0 spiro atoms. The summed E-state index contributed by atoms with van der Waals surface area (Å²) in [6.07, 6.45) is 8.74. The summed E-state index contributed by atoms with van der Waals surface area (Å²) in [6, 6.07) is 0.594. The van der Waals surface area contributed by atoms with Gasteiger partial charge in [0.15, 0.2) is 5.96 Å². The molecule has 0 aromatic carbocycles. The van der Waals surface area contributed by atoms with Crippen LogP contribution in [0.15, 0.2) is 4.99 Å². The first-order valence-electron chi connectivity index (χ1n) is 8.96. The third-order valence-corrected chi connectivity index (χ3v) is 5.19. The van der Waals surface area contributed by atoms with Gasteiger partial charge in [-0.1, -0.05) is 19.3 Å². The molecule has 1 aliphatic carbocycles. The number of guanidine groups is 1. The summed E-state index contributed by atoms with van der Waals surface area (Å²) in [6.45, 7) is 5.58. The van der Waals surface area contributed by atoms with E-state index >= 15 is 0 Å². The minimum atomic E-state index is 0.146. The van der Waals surface area contributed by atoms with E-state index in [1.807, 2.05) is 0 Å². The van der Waals surface area contributed by atoms with Gasteiger partial charge in [-0.05, 0) is 46.7 Å². The molecule has 0 amide bonds. The first-order chi connectivity index (χ1) is 10.7. The van der Waals surface area contributed by atoms with E-state index in [1.54, 1.807) is 0 Å². The van der Waals surface area contributed by atoms with Crippen molar-refractivity contribution >= 4 is 5.96 Å². The molecule has 5 heteroatoms. The number of hydrogen-bond acceptors (Lipinski definition) is 3. The lowest BCUT2D eigenvalue weighted by Crippen LogP contribution is -2.52. The summed E-state index contributed by atoms with van der Waals surface area (Å²) in [4.78, 5) is 7.26. The summed E-state index contributed by atoms with van der Waals surface area (Å²) in [5.74, 6) is 0.988. The highest BCUT2D eigenvalue weighted by Gasteiger charge is 2.34. The number of rotatable bonds is 5. The van der Waals surface area contributed by atoms with Gasteiger partial charge in [-0.2, -0.15) is 0 Å². The van der Waals surface area contributed by atoms with Gasteiger partial charge in [0.2, 0.25) is 0 Å². The Labute approximate surface area is 135 Å². The topological polar surface area (TPSA) is 48.9 Å². The number of likely N-dealkylation sites (N-methyl/N-ethyl adjacent to an activating group) is 1. The molecule has 1 heterocycles. The fourth-order valence-corrected chi connectivity index (χ4v) is 3.48. The van der Waals surface area contributed by atoms with Gasteiger partial charge in [-0.15, -0.1) is 0 Å². The van der Waals surface area contributed by atoms with Crippen LogP contribution in [-0.4, -0.2) is 62.8 Å². The molecule has 2 rings (SSSR count). The van der Waals surface area contributed by atoms with Crippen molar-refractivity contribution in [2.45, 2.75) is 63.5 Å². The summed E-state index contributed by atoms with van der Waals surface area (Å²) in [5, 5.41) is 7.06. The smallest absolute Gasteiger partial charge is 0.191 e. The molecule has 0 aromatic rings. The number of nitrogens with zero attached hydrogens (tertiary/aromatic N) is 2. The van der Waals surface area contributed by atoms with Crippen LogP contribution in [0.25, 0.3) is 0 Å². The molecule has 2 aliphatic rings. The molecule has 1 saturated carbocycles. The van der Waals surface area contributed by atoms with Crippen molar-refractivity contribution in [2.24, 2.45) is 4.99 Å². The van der Waals surface area contributed by atoms with E-state index < -0.39 is 0 Å². The Morgan fingerprint density at radius 3 is 2.45 bits per heavy atom. The van der Waals surface area contributed by atoms with Crippen molar-refractivity contribution < 1.29 is 4.74 Å². The Kier molecular flexibility index (Phi) is 6.96. The molecular formula is C17H34N4O. The highest BCUT2D eigenvalue weighted by Crippen LogP contribution is 2.26. The second kappa shape index (κ2) is 8.73. The molecule has 1 saturated heterocycles. The van der Waals surface area contributed by atoms with E-state index in [4.69, 9.17) is 9.73 Å². The molecule has 0 unspecified atom stereocenters. The molecule has 0 bridgehead atoms. The molecular weight excluding hydrogens is 276 g/mol. The largest absolute Gasteiger partial charge is 0.381 e. The molecule has 2 N–H and O–H groups in total. The van der Waals surface area contributed by atoms with Crippen LogP contribution >= 0.6 is 0 Å². The Hall–Kier alpha value is -0.810. The average molecular weight is 310 g/mol. The van der Waals surface area contributed by atoms with E-state index in [-0.39, 0.29) is 5.54 Å². The maximum Gasteiger partial charge on any atom is 0.191 e. The number of ether oxygens (including phenoxy) is 1. The quantitative estimate of drug-likeness (QED) is 0.602. The lowest BCUT2D eigenvalue weighted by atomic mass is 9.89. The number of aliphatic imine (C=N–C) groups is 1. The van der Waals surface area contributed by atoms with Crippen LogP contribution in [0.4, 0.5) is 0 Å². The zero-order chi connectivity index (χ0) is 15.8. The van der Waals surface area contributed by atoms with E-state index in [2.05, 4.69) is 36.6 Å². The molecule has 0 radical (unpaired) electrons. The Balaban J connectivity index is 1.97. The van der Waals surface area contributed by atoms with Crippen LogP contribution in [0.1, 0.15) is 51.9 Å². The van der Waals surface area contributed by atoms with E-state index in [9.17, 15) is 0 Å². The van der Waals surface area contributed by atoms with Crippen LogP contribution in [0, 0.1) is 0 Å². The second-order valence-corrected chi connectivity index (χ2v) is 6.91. The molecule has 2 fully saturated rings. The van der Waals surface area contributed by atoms with Crippen molar-refractivity contribution in [3.05, 3.63) is 0 Å². The third-order valence-electron chi connectivity index (χ3n) is 5.19. The minimum Gasteiger partial charge on any atom is -0.381 e. The molecule has 22 heavy (non-hydrogen) atoms. The van der Waals surface area contributed by atoms with Gasteiger partial charge < -0.3 is 20.3 Å². The van der Waals surface area contributed by atoms with E-state index in [0.29, 0.717) is 6.04 Å². The lowest BCUT2D eigenvalue weighted by molar-refractivity contribution is -0.00255. The van der Waals surface area contributed by atoms with E-state index in [1.165, 1.54) is 32.1 Å². The first-order valence-corrected chi connectivity index (χ1v) is 8.96. The Morgan fingerprint density at radius 1 is 1.18 bits per heavy atom. The number of hydrogen-bond donors (Lipinski definition) is 2. The predicted octanol–water partition coefficient (Wildman–Crippen LogP) is 1.99. The summed E-state index contributed by atoms with van der Waals surface area (Å²) in [5.41, 5.74) is 0.146. The third kappa shape index (κ3) is 4.85. The normalized spacial score (nSPS) is 23.5. The molecule has 1 aliphatic heterocycles. The van der Waals surface area contributed by atoms with Crippen molar-refractivity contribution in [2.75, 3.05) is 40.4 Å². The zero-order valence-corrected chi connectivity index (χ0v) is 14.7. The Morgan fingerprint density at radius 2 is 1.86 bits per heavy atom. The molecule has 0 aromatic heterocycles. The van der Waals surface area contributed by atoms with Crippen LogP contribution in [0.5, 0.6) is 0 Å². The maximum atomic E-state index is 5.54. The van der Waals surface area contributed by atoms with Gasteiger partial charge >= 0.3 is 0 Å². The van der Waals surface area contributed by atoms with Gasteiger partial charge in [0.25, 0.3) is 0 Å². The van der Waals surface area contributed by atoms with Gasteiger partial charge in [-0.3, -0.25) is 4.99 Å². The summed E-state index contributed by atoms with van der Waals surface area (Å²) >= 11 is 0. The molecule has 128 valence electrons. The van der Waals surface area contributed by atoms with Crippen LogP contribution in [0.3, 0.4) is 0 Å². The monoisotopic (exact) mass is 310 g/mol.